The molecule has 17 heavy (non-hydrogen) atoms. The Kier molecular flexibility index (Phi) is 4.11. The fourth-order valence-corrected chi connectivity index (χ4v) is 4.11. The number of carbonyl (C=O) groups is 1. The highest BCUT2D eigenvalue weighted by Gasteiger charge is 2.41. The van der Waals surface area contributed by atoms with Crippen molar-refractivity contribution in [2.75, 3.05) is 7.05 Å². The maximum absolute atomic E-state index is 11.3. The van der Waals surface area contributed by atoms with Gasteiger partial charge in [0.1, 0.15) is 0 Å². The van der Waals surface area contributed by atoms with E-state index in [1.807, 2.05) is 0 Å². The zero-order valence-electron chi connectivity index (χ0n) is 11.5. The smallest absolute Gasteiger partial charge is 0.219 e. The van der Waals surface area contributed by atoms with Crippen molar-refractivity contribution in [1.82, 2.24) is 5.32 Å². The first-order valence-corrected chi connectivity index (χ1v) is 7.32. The first-order chi connectivity index (χ1) is 8.11. The molecule has 0 heterocycles. The van der Waals surface area contributed by atoms with Gasteiger partial charge in [-0.1, -0.05) is 13.8 Å². The minimum absolute atomic E-state index is 0.206. The van der Waals surface area contributed by atoms with Crippen molar-refractivity contribution in [3.63, 3.8) is 0 Å². The molecular weight excluding hydrogens is 210 g/mol. The highest BCUT2D eigenvalue weighted by molar-refractivity contribution is 5.75. The summed E-state index contributed by atoms with van der Waals surface area (Å²) in [4.78, 5) is 11.3. The standard InChI is InChI=1S/C15H27NO/c1-10-8-13(9-10)14-6-4-12(11(14)2)5-7-15(17)16-3/h10-14H,4-9H2,1-3H3,(H,16,17)/t10?,11-,12+,13?,14+/m0/s1. The highest BCUT2D eigenvalue weighted by atomic mass is 16.1. The molecule has 2 nitrogen and oxygen atoms in total. The van der Waals surface area contributed by atoms with Crippen LogP contribution < -0.4 is 5.32 Å². The van der Waals surface area contributed by atoms with Crippen molar-refractivity contribution in [2.45, 2.75) is 52.4 Å². The summed E-state index contributed by atoms with van der Waals surface area (Å²) in [5, 5.41) is 2.73. The van der Waals surface area contributed by atoms with Gasteiger partial charge >= 0.3 is 0 Å². The quantitative estimate of drug-likeness (QED) is 0.799. The Labute approximate surface area is 106 Å². The Morgan fingerprint density at radius 2 is 1.94 bits per heavy atom. The molecule has 3 atom stereocenters. The molecule has 0 spiro atoms. The van der Waals surface area contributed by atoms with Crippen molar-refractivity contribution >= 4 is 5.91 Å². The Morgan fingerprint density at radius 3 is 2.53 bits per heavy atom. The van der Waals surface area contributed by atoms with Gasteiger partial charge in [0.2, 0.25) is 5.91 Å². The van der Waals surface area contributed by atoms with Crippen molar-refractivity contribution in [1.29, 1.82) is 0 Å². The summed E-state index contributed by atoms with van der Waals surface area (Å²) in [6.45, 7) is 4.80. The summed E-state index contributed by atoms with van der Waals surface area (Å²) in [5.74, 6) is 4.78. The molecule has 1 amide bonds. The Morgan fingerprint density at radius 1 is 1.24 bits per heavy atom. The predicted octanol–water partition coefficient (Wildman–Crippen LogP) is 3.22. The molecular formula is C15H27NO. The number of hydrogen-bond acceptors (Lipinski definition) is 1. The fourth-order valence-electron chi connectivity index (χ4n) is 4.11. The van der Waals surface area contributed by atoms with Crippen LogP contribution in [0, 0.1) is 29.6 Å². The van der Waals surface area contributed by atoms with Gasteiger partial charge in [-0.3, -0.25) is 4.79 Å². The molecule has 0 aromatic heterocycles. The van der Waals surface area contributed by atoms with Gasteiger partial charge in [0.05, 0.1) is 0 Å². The van der Waals surface area contributed by atoms with E-state index in [2.05, 4.69) is 19.2 Å². The third-order valence-corrected chi connectivity index (χ3v) is 5.33. The van der Waals surface area contributed by atoms with Gasteiger partial charge in [0.25, 0.3) is 0 Å². The molecule has 0 bridgehead atoms. The van der Waals surface area contributed by atoms with E-state index in [4.69, 9.17) is 0 Å². The van der Waals surface area contributed by atoms with Crippen LogP contribution in [0.3, 0.4) is 0 Å². The molecule has 0 saturated heterocycles. The van der Waals surface area contributed by atoms with E-state index in [-0.39, 0.29) is 5.91 Å². The molecule has 2 saturated carbocycles. The molecule has 0 aliphatic heterocycles. The maximum Gasteiger partial charge on any atom is 0.219 e. The lowest BCUT2D eigenvalue weighted by Crippen LogP contribution is -2.31. The summed E-state index contributed by atoms with van der Waals surface area (Å²) in [5.41, 5.74) is 0. The lowest BCUT2D eigenvalue weighted by molar-refractivity contribution is -0.120. The van der Waals surface area contributed by atoms with E-state index < -0.39 is 0 Å². The van der Waals surface area contributed by atoms with E-state index in [1.165, 1.54) is 25.7 Å². The van der Waals surface area contributed by atoms with Crippen molar-refractivity contribution < 1.29 is 4.79 Å². The van der Waals surface area contributed by atoms with Crippen molar-refractivity contribution in [3.8, 4) is 0 Å². The van der Waals surface area contributed by atoms with E-state index in [9.17, 15) is 4.79 Å². The SMILES string of the molecule is CNC(=O)CC[C@H]1CC[C@@H](C2CC(C)C2)[C@H]1C. The van der Waals surface area contributed by atoms with Crippen LogP contribution in [-0.4, -0.2) is 13.0 Å². The van der Waals surface area contributed by atoms with Crippen LogP contribution in [-0.2, 0) is 4.79 Å². The van der Waals surface area contributed by atoms with Gasteiger partial charge in [0, 0.05) is 13.5 Å². The van der Waals surface area contributed by atoms with Gasteiger partial charge in [0.15, 0.2) is 0 Å². The predicted molar refractivity (Wildman–Crippen MR) is 70.6 cm³/mol. The molecule has 2 aliphatic rings. The Balaban J connectivity index is 1.77. The molecule has 0 aromatic rings. The normalized spacial score (nSPS) is 41.0. The fraction of sp³-hybridized carbons (Fsp3) is 0.933. The molecule has 0 unspecified atom stereocenters. The molecule has 2 fully saturated rings. The van der Waals surface area contributed by atoms with Crippen LogP contribution in [0.1, 0.15) is 52.4 Å². The lowest BCUT2D eigenvalue weighted by atomic mass is 9.66. The molecule has 0 radical (unpaired) electrons. The average molecular weight is 237 g/mol. The zero-order chi connectivity index (χ0) is 12.4. The van der Waals surface area contributed by atoms with Crippen LogP contribution in [0.5, 0.6) is 0 Å². The Hall–Kier alpha value is -0.530. The summed E-state index contributed by atoms with van der Waals surface area (Å²) in [6.07, 6.45) is 7.50. The monoisotopic (exact) mass is 237 g/mol. The van der Waals surface area contributed by atoms with Crippen LogP contribution in [0.4, 0.5) is 0 Å². The van der Waals surface area contributed by atoms with Crippen LogP contribution >= 0.6 is 0 Å². The first-order valence-electron chi connectivity index (χ1n) is 7.32. The number of nitrogens with one attached hydrogen (secondary N) is 1. The molecule has 1 N–H and O–H groups in total. The van der Waals surface area contributed by atoms with E-state index >= 15 is 0 Å². The van der Waals surface area contributed by atoms with Crippen LogP contribution in [0.2, 0.25) is 0 Å². The average Bonchev–Trinajstić information content (AvgIpc) is 2.63. The largest absolute Gasteiger partial charge is 0.359 e. The number of hydrogen-bond donors (Lipinski definition) is 1. The second kappa shape index (κ2) is 5.41. The summed E-state index contributed by atoms with van der Waals surface area (Å²) in [7, 11) is 1.74. The van der Waals surface area contributed by atoms with Gasteiger partial charge in [-0.15, -0.1) is 0 Å². The Bertz CT molecular complexity index is 270. The summed E-state index contributed by atoms with van der Waals surface area (Å²) >= 11 is 0. The van der Waals surface area contributed by atoms with Crippen LogP contribution in [0.15, 0.2) is 0 Å². The molecule has 2 rings (SSSR count). The van der Waals surface area contributed by atoms with Crippen molar-refractivity contribution in [2.24, 2.45) is 29.6 Å². The van der Waals surface area contributed by atoms with E-state index in [1.54, 1.807) is 7.05 Å². The van der Waals surface area contributed by atoms with Gasteiger partial charge in [-0.25, -0.2) is 0 Å². The van der Waals surface area contributed by atoms with Gasteiger partial charge in [-0.2, -0.15) is 0 Å². The maximum atomic E-state index is 11.3. The third kappa shape index (κ3) is 2.83. The highest BCUT2D eigenvalue weighted by Crippen LogP contribution is 2.50. The van der Waals surface area contributed by atoms with Crippen molar-refractivity contribution in [3.05, 3.63) is 0 Å². The minimum Gasteiger partial charge on any atom is -0.359 e. The third-order valence-electron chi connectivity index (χ3n) is 5.33. The first kappa shape index (κ1) is 12.9. The lowest BCUT2D eigenvalue weighted by Gasteiger charge is -2.39. The van der Waals surface area contributed by atoms with Gasteiger partial charge in [-0.05, 0) is 61.7 Å². The molecule has 0 aromatic carbocycles. The second-order valence-electron chi connectivity index (χ2n) is 6.41. The molecule has 2 heteroatoms. The second-order valence-corrected chi connectivity index (χ2v) is 6.41. The zero-order valence-corrected chi connectivity index (χ0v) is 11.5. The number of rotatable bonds is 4. The topological polar surface area (TPSA) is 29.1 Å². The van der Waals surface area contributed by atoms with Crippen LogP contribution in [0.25, 0.3) is 0 Å². The number of amides is 1. The summed E-state index contributed by atoms with van der Waals surface area (Å²) < 4.78 is 0. The summed E-state index contributed by atoms with van der Waals surface area (Å²) in [6, 6.07) is 0. The molecule has 2 aliphatic carbocycles. The molecule has 98 valence electrons. The number of carbonyl (C=O) groups excluding carboxylic acids is 1. The van der Waals surface area contributed by atoms with E-state index in [0.717, 1.165) is 42.4 Å². The van der Waals surface area contributed by atoms with Gasteiger partial charge < -0.3 is 5.32 Å². The van der Waals surface area contributed by atoms with E-state index in [0.29, 0.717) is 0 Å². The minimum atomic E-state index is 0.206.